The zero-order chi connectivity index (χ0) is 11.2. The Bertz CT molecular complexity index is 137. The van der Waals surface area contributed by atoms with E-state index in [0.717, 1.165) is 0 Å². The lowest BCUT2D eigenvalue weighted by Gasteiger charge is -2.31. The summed E-state index contributed by atoms with van der Waals surface area (Å²) >= 11 is 0. The molecule has 0 atom stereocenters. The smallest absolute Gasteiger partial charge is 0.178 e. The Kier molecular flexibility index (Phi) is 6.15. The molecule has 0 aliphatic heterocycles. The summed E-state index contributed by atoms with van der Waals surface area (Å²) in [6.45, 7) is 14.1. The van der Waals surface area contributed by atoms with Crippen molar-refractivity contribution >= 4 is 7.94 Å². The van der Waals surface area contributed by atoms with Gasteiger partial charge in [0, 0.05) is 0 Å². The number of hydrogen-bond acceptors (Lipinski definition) is 3. The van der Waals surface area contributed by atoms with Crippen LogP contribution in [0.25, 0.3) is 0 Å². The summed E-state index contributed by atoms with van der Waals surface area (Å²) in [6.07, 6.45) is 0. The molecule has 0 saturated heterocycles. The third-order valence-electron chi connectivity index (χ3n) is 1.72. The van der Waals surface area contributed by atoms with Crippen LogP contribution in [-0.4, -0.2) is 25.0 Å². The maximum Gasteiger partial charge on any atom is 0.416 e. The van der Waals surface area contributed by atoms with E-state index in [-0.39, 0.29) is 5.16 Å². The third kappa shape index (κ3) is 3.47. The zero-order valence-electron chi connectivity index (χ0n) is 10.3. The van der Waals surface area contributed by atoms with Gasteiger partial charge >= 0.3 is 7.94 Å². The lowest BCUT2D eigenvalue weighted by molar-refractivity contribution is 0.134. The van der Waals surface area contributed by atoms with Gasteiger partial charge in [-0.3, -0.25) is 0 Å². The molecule has 0 radical (unpaired) electrons. The van der Waals surface area contributed by atoms with Crippen LogP contribution in [0.2, 0.25) is 0 Å². The Balaban J connectivity index is 4.73. The fourth-order valence-corrected chi connectivity index (χ4v) is 3.61. The molecule has 0 aromatic heterocycles. The second-order valence-electron chi connectivity index (χ2n) is 3.92. The molecule has 0 fully saturated rings. The summed E-state index contributed by atoms with van der Waals surface area (Å²) in [5.41, 5.74) is 0. The molecule has 0 saturated carbocycles. The Morgan fingerprint density at radius 1 is 0.786 bits per heavy atom. The molecule has 4 heteroatoms. The second kappa shape index (κ2) is 6.02. The van der Waals surface area contributed by atoms with Crippen LogP contribution in [0.1, 0.15) is 41.5 Å². The van der Waals surface area contributed by atoms with Gasteiger partial charge in [0.2, 0.25) is 0 Å². The van der Waals surface area contributed by atoms with Crippen molar-refractivity contribution in [2.45, 2.75) is 46.7 Å². The van der Waals surface area contributed by atoms with Gasteiger partial charge in [0.25, 0.3) is 0 Å². The van der Waals surface area contributed by atoms with Crippen LogP contribution >= 0.6 is 7.94 Å². The van der Waals surface area contributed by atoms with Crippen molar-refractivity contribution < 1.29 is 13.6 Å². The van der Waals surface area contributed by atoms with Crippen LogP contribution in [-0.2, 0) is 13.6 Å². The highest BCUT2D eigenvalue weighted by Crippen LogP contribution is 2.71. The summed E-state index contributed by atoms with van der Waals surface area (Å²) in [6, 6.07) is 0. The van der Waals surface area contributed by atoms with Crippen molar-refractivity contribution in [3.05, 3.63) is 0 Å². The van der Waals surface area contributed by atoms with E-state index >= 15 is 0 Å². The lowest BCUT2D eigenvalue weighted by Crippen LogP contribution is -2.26. The summed E-state index contributed by atoms with van der Waals surface area (Å²) < 4.78 is 17.2. The monoisotopic (exact) mass is 223 g/mol. The van der Waals surface area contributed by atoms with Crippen molar-refractivity contribution in [2.24, 2.45) is 0 Å². The molecule has 0 unspecified atom stereocenters. The Labute approximate surface area is 88.7 Å². The minimum atomic E-state index is -2.18. The van der Waals surface area contributed by atoms with E-state index in [4.69, 9.17) is 13.6 Å². The van der Waals surface area contributed by atoms with Crippen LogP contribution in [0, 0.1) is 0 Å². The van der Waals surface area contributed by atoms with Crippen LogP contribution in [0.3, 0.4) is 0 Å². The molecule has 0 rings (SSSR count). The molecule has 0 amide bonds. The summed E-state index contributed by atoms with van der Waals surface area (Å²) in [5.74, 6) is 0. The molecule has 3 nitrogen and oxygen atoms in total. The summed E-state index contributed by atoms with van der Waals surface area (Å²) in [4.78, 5) is 0. The first-order chi connectivity index (χ1) is 6.43. The SMILES string of the molecule is CCO[P+](OCC)(OCC)C(C)(C)C. The minimum Gasteiger partial charge on any atom is -0.178 e. The van der Waals surface area contributed by atoms with E-state index in [0.29, 0.717) is 19.8 Å². The Morgan fingerprint density at radius 2 is 1.07 bits per heavy atom. The Hall–Kier alpha value is 0.310. The molecular weight excluding hydrogens is 199 g/mol. The van der Waals surface area contributed by atoms with Crippen LogP contribution in [0.15, 0.2) is 0 Å². The summed E-state index contributed by atoms with van der Waals surface area (Å²) in [5, 5.41) is -0.0883. The van der Waals surface area contributed by atoms with Crippen LogP contribution in [0.5, 0.6) is 0 Å². The molecule has 0 bridgehead atoms. The van der Waals surface area contributed by atoms with Gasteiger partial charge in [-0.25, -0.2) is 0 Å². The second-order valence-corrected chi connectivity index (χ2v) is 7.03. The van der Waals surface area contributed by atoms with Crippen molar-refractivity contribution in [3.8, 4) is 0 Å². The van der Waals surface area contributed by atoms with Crippen molar-refractivity contribution in [3.63, 3.8) is 0 Å². The predicted octanol–water partition coefficient (Wildman–Crippen LogP) is 3.66. The van der Waals surface area contributed by atoms with Gasteiger partial charge in [-0.05, 0) is 41.5 Å². The highest BCUT2D eigenvalue weighted by Gasteiger charge is 2.56. The molecule has 0 aromatic carbocycles. The van der Waals surface area contributed by atoms with E-state index in [1.54, 1.807) is 0 Å². The van der Waals surface area contributed by atoms with Gasteiger partial charge in [0.15, 0.2) is 5.16 Å². The maximum atomic E-state index is 5.74. The van der Waals surface area contributed by atoms with E-state index in [9.17, 15) is 0 Å². The highest BCUT2D eigenvalue weighted by molar-refractivity contribution is 7.63. The van der Waals surface area contributed by atoms with Gasteiger partial charge in [-0.15, -0.1) is 0 Å². The third-order valence-corrected chi connectivity index (χ3v) is 5.16. The Morgan fingerprint density at radius 3 is 1.21 bits per heavy atom. The largest absolute Gasteiger partial charge is 0.416 e. The average Bonchev–Trinajstić information content (AvgIpc) is 2.03. The predicted molar refractivity (Wildman–Crippen MR) is 61.6 cm³/mol. The molecule has 0 aliphatic rings. The number of hydrogen-bond donors (Lipinski definition) is 0. The molecule has 0 aliphatic carbocycles. The average molecular weight is 223 g/mol. The van der Waals surface area contributed by atoms with Gasteiger partial charge in [-0.2, -0.15) is 13.6 Å². The fourth-order valence-electron chi connectivity index (χ4n) is 1.20. The first kappa shape index (κ1) is 14.3. The van der Waals surface area contributed by atoms with Crippen LogP contribution < -0.4 is 0 Å². The van der Waals surface area contributed by atoms with E-state index in [1.807, 2.05) is 20.8 Å². The maximum absolute atomic E-state index is 5.74. The molecular formula is C10H24O3P+. The van der Waals surface area contributed by atoms with Crippen LogP contribution in [0.4, 0.5) is 0 Å². The number of rotatable bonds is 6. The van der Waals surface area contributed by atoms with Gasteiger partial charge in [0.1, 0.15) is 0 Å². The molecule has 0 heterocycles. The van der Waals surface area contributed by atoms with Gasteiger partial charge in [-0.1, -0.05) is 0 Å². The molecule has 0 aromatic rings. The zero-order valence-corrected chi connectivity index (χ0v) is 11.2. The molecule has 86 valence electrons. The minimum absolute atomic E-state index is 0.0883. The first-order valence-corrected chi connectivity index (χ1v) is 6.80. The van der Waals surface area contributed by atoms with Crippen molar-refractivity contribution in [1.82, 2.24) is 0 Å². The topological polar surface area (TPSA) is 27.7 Å². The molecule has 0 N–H and O–H groups in total. The lowest BCUT2D eigenvalue weighted by atomic mass is 10.3. The van der Waals surface area contributed by atoms with Crippen molar-refractivity contribution in [2.75, 3.05) is 19.8 Å². The van der Waals surface area contributed by atoms with E-state index < -0.39 is 7.94 Å². The molecule has 14 heavy (non-hydrogen) atoms. The highest BCUT2D eigenvalue weighted by atomic mass is 31.2. The first-order valence-electron chi connectivity index (χ1n) is 5.26. The van der Waals surface area contributed by atoms with E-state index in [2.05, 4.69) is 20.8 Å². The van der Waals surface area contributed by atoms with Gasteiger partial charge in [0.05, 0.1) is 19.8 Å². The standard InChI is InChI=1S/C10H24O3P/c1-7-11-14(12-8-2,13-9-3)10(4,5)6/h7-9H2,1-6H3/q+1. The summed E-state index contributed by atoms with van der Waals surface area (Å²) in [7, 11) is -2.18. The normalized spacial score (nSPS) is 13.3. The quantitative estimate of drug-likeness (QED) is 0.643. The van der Waals surface area contributed by atoms with Gasteiger partial charge < -0.3 is 0 Å². The van der Waals surface area contributed by atoms with E-state index in [1.165, 1.54) is 0 Å². The molecule has 0 spiro atoms. The fraction of sp³-hybridized carbons (Fsp3) is 1.00. The van der Waals surface area contributed by atoms with Crippen molar-refractivity contribution in [1.29, 1.82) is 0 Å².